The summed E-state index contributed by atoms with van der Waals surface area (Å²) in [6, 6.07) is 0. The fraction of sp³-hybridized carbons (Fsp3) is 0.833. The molecular formula is C12H18O. The normalized spacial score (nSPS) is 47.6. The SMILES string of the molecule is OC[C@@]12CCC[C@@H](C1)C1=CCC[C@H]12. The lowest BCUT2D eigenvalue weighted by Gasteiger charge is -2.35. The van der Waals surface area contributed by atoms with Crippen molar-refractivity contribution in [1.29, 1.82) is 0 Å². The van der Waals surface area contributed by atoms with Crippen molar-refractivity contribution >= 4 is 0 Å². The summed E-state index contributed by atoms with van der Waals surface area (Å²) in [6.07, 6.45) is 10.4. The molecule has 2 bridgehead atoms. The van der Waals surface area contributed by atoms with Gasteiger partial charge in [-0.15, -0.1) is 0 Å². The zero-order valence-corrected chi connectivity index (χ0v) is 8.13. The molecule has 0 radical (unpaired) electrons. The molecule has 0 spiro atoms. The van der Waals surface area contributed by atoms with Gasteiger partial charge in [0, 0.05) is 12.0 Å². The van der Waals surface area contributed by atoms with E-state index < -0.39 is 0 Å². The third kappa shape index (κ3) is 0.914. The first-order valence-corrected chi connectivity index (χ1v) is 5.66. The first-order chi connectivity index (χ1) is 6.36. The van der Waals surface area contributed by atoms with E-state index in [-0.39, 0.29) is 0 Å². The lowest BCUT2D eigenvalue weighted by atomic mass is 9.71. The van der Waals surface area contributed by atoms with E-state index in [1.807, 2.05) is 0 Å². The highest BCUT2D eigenvalue weighted by Crippen LogP contribution is 2.60. The Kier molecular flexibility index (Phi) is 1.61. The van der Waals surface area contributed by atoms with Crippen molar-refractivity contribution in [2.75, 3.05) is 6.61 Å². The molecule has 13 heavy (non-hydrogen) atoms. The summed E-state index contributed by atoms with van der Waals surface area (Å²) in [5, 5.41) is 9.59. The summed E-state index contributed by atoms with van der Waals surface area (Å²) < 4.78 is 0. The first-order valence-electron chi connectivity index (χ1n) is 5.66. The number of aliphatic hydroxyl groups excluding tert-OH is 1. The van der Waals surface area contributed by atoms with Crippen LogP contribution in [0.25, 0.3) is 0 Å². The Bertz CT molecular complexity index is 256. The van der Waals surface area contributed by atoms with Gasteiger partial charge >= 0.3 is 0 Å². The molecule has 0 aromatic carbocycles. The fourth-order valence-corrected chi connectivity index (χ4v) is 4.09. The number of hydrogen-bond acceptors (Lipinski definition) is 1. The Morgan fingerprint density at radius 3 is 3.23 bits per heavy atom. The van der Waals surface area contributed by atoms with Crippen LogP contribution in [0.3, 0.4) is 0 Å². The zero-order chi connectivity index (χ0) is 8.89. The maximum atomic E-state index is 9.59. The summed E-state index contributed by atoms with van der Waals surface area (Å²) in [7, 11) is 0. The molecule has 3 atom stereocenters. The minimum atomic E-state index is 0.325. The Morgan fingerprint density at radius 1 is 1.46 bits per heavy atom. The monoisotopic (exact) mass is 178 g/mol. The van der Waals surface area contributed by atoms with E-state index in [9.17, 15) is 5.11 Å². The smallest absolute Gasteiger partial charge is 0.0493 e. The number of hydrogen-bond donors (Lipinski definition) is 1. The molecule has 72 valence electrons. The van der Waals surface area contributed by atoms with Crippen molar-refractivity contribution < 1.29 is 5.11 Å². The van der Waals surface area contributed by atoms with Crippen molar-refractivity contribution in [2.45, 2.75) is 38.5 Å². The van der Waals surface area contributed by atoms with Gasteiger partial charge < -0.3 is 5.11 Å². The van der Waals surface area contributed by atoms with Gasteiger partial charge in [0.15, 0.2) is 0 Å². The number of allylic oxidation sites excluding steroid dienone is 2. The fourth-order valence-electron chi connectivity index (χ4n) is 4.09. The number of rotatable bonds is 1. The highest BCUT2D eigenvalue weighted by atomic mass is 16.3. The lowest BCUT2D eigenvalue weighted by molar-refractivity contribution is 0.0612. The lowest BCUT2D eigenvalue weighted by Crippen LogP contribution is -2.31. The Morgan fingerprint density at radius 2 is 2.38 bits per heavy atom. The van der Waals surface area contributed by atoms with Crippen molar-refractivity contribution in [3.05, 3.63) is 11.6 Å². The summed E-state index contributed by atoms with van der Waals surface area (Å²) >= 11 is 0. The van der Waals surface area contributed by atoms with Gasteiger partial charge in [-0.1, -0.05) is 18.1 Å². The second-order valence-corrected chi connectivity index (χ2v) is 5.15. The van der Waals surface area contributed by atoms with Gasteiger partial charge in [-0.25, -0.2) is 0 Å². The van der Waals surface area contributed by atoms with Crippen molar-refractivity contribution in [1.82, 2.24) is 0 Å². The third-order valence-electron chi connectivity index (χ3n) is 4.64. The molecule has 1 nitrogen and oxygen atoms in total. The number of fused-ring (bicyclic) bond motifs is 5. The van der Waals surface area contributed by atoms with Crippen molar-refractivity contribution in [2.24, 2.45) is 17.3 Å². The molecule has 1 heteroatoms. The maximum Gasteiger partial charge on any atom is 0.0493 e. The molecule has 3 aliphatic rings. The summed E-state index contributed by atoms with van der Waals surface area (Å²) in [6.45, 7) is 0.436. The van der Waals surface area contributed by atoms with Crippen LogP contribution in [0.1, 0.15) is 38.5 Å². The van der Waals surface area contributed by atoms with Crippen LogP contribution in [0.4, 0.5) is 0 Å². The van der Waals surface area contributed by atoms with Gasteiger partial charge in [-0.3, -0.25) is 0 Å². The Hall–Kier alpha value is -0.300. The first kappa shape index (κ1) is 8.05. The largest absolute Gasteiger partial charge is 0.396 e. The molecule has 1 N–H and O–H groups in total. The molecule has 0 amide bonds. The zero-order valence-electron chi connectivity index (χ0n) is 8.13. The van der Waals surface area contributed by atoms with Crippen molar-refractivity contribution in [3.63, 3.8) is 0 Å². The van der Waals surface area contributed by atoms with Gasteiger partial charge in [0.25, 0.3) is 0 Å². The molecule has 0 saturated heterocycles. The van der Waals surface area contributed by atoms with Crippen LogP contribution in [-0.2, 0) is 0 Å². The predicted octanol–water partition coefficient (Wildman–Crippen LogP) is 2.51. The molecule has 0 unspecified atom stereocenters. The molecule has 2 saturated carbocycles. The van der Waals surface area contributed by atoms with Gasteiger partial charge in [-0.05, 0) is 43.9 Å². The summed E-state index contributed by atoms with van der Waals surface area (Å²) in [5.74, 6) is 1.62. The Labute approximate surface area is 79.8 Å². The van der Waals surface area contributed by atoms with Crippen LogP contribution in [0.5, 0.6) is 0 Å². The maximum absolute atomic E-state index is 9.59. The van der Waals surface area contributed by atoms with E-state index >= 15 is 0 Å². The molecular weight excluding hydrogens is 160 g/mol. The van der Waals surface area contributed by atoms with E-state index in [2.05, 4.69) is 6.08 Å². The quantitative estimate of drug-likeness (QED) is 0.612. The van der Waals surface area contributed by atoms with Crippen LogP contribution >= 0.6 is 0 Å². The minimum absolute atomic E-state index is 0.325. The van der Waals surface area contributed by atoms with E-state index in [1.165, 1.54) is 38.5 Å². The summed E-state index contributed by atoms with van der Waals surface area (Å²) in [5.41, 5.74) is 2.05. The van der Waals surface area contributed by atoms with Gasteiger partial charge in [0.1, 0.15) is 0 Å². The molecule has 3 rings (SSSR count). The molecule has 2 fully saturated rings. The topological polar surface area (TPSA) is 20.2 Å². The average Bonchev–Trinajstić information content (AvgIpc) is 2.72. The predicted molar refractivity (Wildman–Crippen MR) is 52.3 cm³/mol. The van der Waals surface area contributed by atoms with E-state index in [4.69, 9.17) is 0 Å². The van der Waals surface area contributed by atoms with Crippen LogP contribution in [0.15, 0.2) is 11.6 Å². The molecule has 0 aromatic heterocycles. The van der Waals surface area contributed by atoms with Gasteiger partial charge in [0.2, 0.25) is 0 Å². The van der Waals surface area contributed by atoms with E-state index in [1.54, 1.807) is 5.57 Å². The second-order valence-electron chi connectivity index (χ2n) is 5.15. The molecule has 0 aromatic rings. The van der Waals surface area contributed by atoms with Crippen LogP contribution in [0, 0.1) is 17.3 Å². The summed E-state index contributed by atoms with van der Waals surface area (Å²) in [4.78, 5) is 0. The van der Waals surface area contributed by atoms with Crippen LogP contribution in [0.2, 0.25) is 0 Å². The molecule has 3 aliphatic carbocycles. The second kappa shape index (κ2) is 2.60. The average molecular weight is 178 g/mol. The van der Waals surface area contributed by atoms with Crippen LogP contribution in [-0.4, -0.2) is 11.7 Å². The Balaban J connectivity index is 2.01. The molecule has 0 heterocycles. The van der Waals surface area contributed by atoms with Crippen molar-refractivity contribution in [3.8, 4) is 0 Å². The van der Waals surface area contributed by atoms with Gasteiger partial charge in [-0.2, -0.15) is 0 Å². The molecule has 0 aliphatic heterocycles. The third-order valence-corrected chi connectivity index (χ3v) is 4.64. The van der Waals surface area contributed by atoms with Gasteiger partial charge in [0.05, 0.1) is 0 Å². The van der Waals surface area contributed by atoms with E-state index in [0.29, 0.717) is 12.0 Å². The number of aliphatic hydroxyl groups is 1. The van der Waals surface area contributed by atoms with E-state index in [0.717, 1.165) is 11.8 Å². The highest BCUT2D eigenvalue weighted by molar-refractivity contribution is 5.27. The van der Waals surface area contributed by atoms with Crippen LogP contribution < -0.4 is 0 Å². The standard InChI is InChI=1S/C12H18O/c13-8-12-6-2-3-9(7-12)10-4-1-5-11(10)12/h4,9,11,13H,1-3,5-8H2/t9-,11+,12+/m0/s1. The highest BCUT2D eigenvalue weighted by Gasteiger charge is 2.52. The minimum Gasteiger partial charge on any atom is -0.396 e.